The summed E-state index contributed by atoms with van der Waals surface area (Å²) >= 11 is 0. The first-order chi connectivity index (χ1) is 13.7. The number of carbonyl (C=O) groups is 1. The van der Waals surface area contributed by atoms with Crippen molar-refractivity contribution in [3.63, 3.8) is 0 Å². The van der Waals surface area contributed by atoms with Crippen molar-refractivity contribution in [1.29, 1.82) is 0 Å². The highest BCUT2D eigenvalue weighted by Gasteiger charge is 2.26. The molecule has 2 heterocycles. The Labute approximate surface area is 166 Å². The Kier molecular flexibility index (Phi) is 7.23. The number of aryl methyl sites for hydroxylation is 1. The molecule has 1 aromatic heterocycles. The molecule has 0 bridgehead atoms. The molecule has 1 fully saturated rings. The molecule has 0 aliphatic carbocycles. The molecule has 0 spiro atoms. The summed E-state index contributed by atoms with van der Waals surface area (Å²) in [5.74, 6) is 0.827. The van der Waals surface area contributed by atoms with Crippen molar-refractivity contribution in [1.82, 2.24) is 14.9 Å². The standard InChI is InChI=1S/C22H29N3O3/c1-3-5-13-27-19-10-8-18(9-11-19)21(26)25-12-6-7-20(16-25)28-22-23-14-17(4-2)15-24-22/h8-11,14-15,20H,3-7,12-13,16H2,1-2H3. The lowest BCUT2D eigenvalue weighted by molar-refractivity contribution is 0.0515. The third-order valence-electron chi connectivity index (χ3n) is 4.90. The fourth-order valence-electron chi connectivity index (χ4n) is 3.16. The number of hydrogen-bond donors (Lipinski definition) is 0. The number of rotatable bonds is 8. The maximum absolute atomic E-state index is 12.9. The van der Waals surface area contributed by atoms with Gasteiger partial charge < -0.3 is 14.4 Å². The molecular weight excluding hydrogens is 354 g/mol. The highest BCUT2D eigenvalue weighted by Crippen LogP contribution is 2.19. The zero-order valence-corrected chi connectivity index (χ0v) is 16.8. The molecule has 1 unspecified atom stereocenters. The molecule has 1 amide bonds. The lowest BCUT2D eigenvalue weighted by atomic mass is 10.1. The maximum Gasteiger partial charge on any atom is 0.316 e. The molecular formula is C22H29N3O3. The third-order valence-corrected chi connectivity index (χ3v) is 4.90. The zero-order valence-electron chi connectivity index (χ0n) is 16.8. The number of carbonyl (C=O) groups excluding carboxylic acids is 1. The largest absolute Gasteiger partial charge is 0.494 e. The smallest absolute Gasteiger partial charge is 0.316 e. The molecule has 6 nitrogen and oxygen atoms in total. The van der Waals surface area contributed by atoms with Gasteiger partial charge in [-0.2, -0.15) is 0 Å². The van der Waals surface area contributed by atoms with Crippen LogP contribution in [-0.4, -0.2) is 46.6 Å². The van der Waals surface area contributed by atoms with Crippen LogP contribution in [0.2, 0.25) is 0 Å². The molecule has 1 saturated heterocycles. The number of ether oxygens (including phenoxy) is 2. The zero-order chi connectivity index (χ0) is 19.8. The molecule has 1 aliphatic heterocycles. The second-order valence-corrected chi connectivity index (χ2v) is 7.09. The van der Waals surface area contributed by atoms with Crippen LogP contribution in [0.25, 0.3) is 0 Å². The molecule has 2 aromatic rings. The van der Waals surface area contributed by atoms with Crippen LogP contribution in [0, 0.1) is 0 Å². The van der Waals surface area contributed by atoms with Crippen molar-refractivity contribution in [3.05, 3.63) is 47.8 Å². The number of benzene rings is 1. The first kappa shape index (κ1) is 20.1. The highest BCUT2D eigenvalue weighted by molar-refractivity contribution is 5.94. The van der Waals surface area contributed by atoms with Crippen LogP contribution in [-0.2, 0) is 6.42 Å². The minimum atomic E-state index is -0.0816. The normalized spacial score (nSPS) is 16.6. The van der Waals surface area contributed by atoms with Crippen molar-refractivity contribution in [2.75, 3.05) is 19.7 Å². The second-order valence-electron chi connectivity index (χ2n) is 7.09. The minimum Gasteiger partial charge on any atom is -0.494 e. The number of likely N-dealkylation sites (tertiary alicyclic amines) is 1. The van der Waals surface area contributed by atoms with Crippen LogP contribution in [0.3, 0.4) is 0 Å². The lowest BCUT2D eigenvalue weighted by Crippen LogP contribution is -2.44. The van der Waals surface area contributed by atoms with E-state index in [1.807, 2.05) is 29.2 Å². The molecule has 3 rings (SSSR count). The molecule has 0 N–H and O–H groups in total. The van der Waals surface area contributed by atoms with E-state index in [1.165, 1.54) is 0 Å². The fourth-order valence-corrected chi connectivity index (χ4v) is 3.16. The van der Waals surface area contributed by atoms with Crippen LogP contribution in [0.1, 0.15) is 55.5 Å². The molecule has 1 aliphatic rings. The van der Waals surface area contributed by atoms with Gasteiger partial charge in [0, 0.05) is 24.5 Å². The monoisotopic (exact) mass is 383 g/mol. The van der Waals surface area contributed by atoms with Crippen molar-refractivity contribution in [3.8, 4) is 11.8 Å². The maximum atomic E-state index is 12.9. The van der Waals surface area contributed by atoms with E-state index in [0.29, 0.717) is 24.7 Å². The summed E-state index contributed by atoms with van der Waals surface area (Å²) in [7, 11) is 0. The first-order valence-electron chi connectivity index (χ1n) is 10.2. The van der Waals surface area contributed by atoms with Gasteiger partial charge in [0.25, 0.3) is 5.91 Å². The Hall–Kier alpha value is -2.63. The summed E-state index contributed by atoms with van der Waals surface area (Å²) in [6.45, 7) is 6.19. The van der Waals surface area contributed by atoms with Crippen molar-refractivity contribution < 1.29 is 14.3 Å². The first-order valence-corrected chi connectivity index (χ1v) is 10.2. The van der Waals surface area contributed by atoms with Gasteiger partial charge in [0.15, 0.2) is 0 Å². The van der Waals surface area contributed by atoms with E-state index in [4.69, 9.17) is 9.47 Å². The Bertz CT molecular complexity index is 747. The van der Waals surface area contributed by atoms with Crippen molar-refractivity contribution in [2.24, 2.45) is 0 Å². The number of piperidine rings is 1. The second kappa shape index (κ2) is 10.1. The Morgan fingerprint density at radius 2 is 1.93 bits per heavy atom. The van der Waals surface area contributed by atoms with Crippen LogP contribution in [0.5, 0.6) is 11.8 Å². The van der Waals surface area contributed by atoms with Crippen molar-refractivity contribution in [2.45, 2.75) is 52.1 Å². The number of nitrogens with zero attached hydrogens (tertiary/aromatic N) is 3. The Morgan fingerprint density at radius 1 is 1.18 bits per heavy atom. The van der Waals surface area contributed by atoms with E-state index in [9.17, 15) is 4.79 Å². The number of unbranched alkanes of at least 4 members (excludes halogenated alkanes) is 1. The van der Waals surface area contributed by atoms with Crippen LogP contribution < -0.4 is 9.47 Å². The molecule has 1 aromatic carbocycles. The minimum absolute atomic E-state index is 0.0238. The Balaban J connectivity index is 1.56. The predicted octanol–water partition coefficient (Wildman–Crippen LogP) is 3.90. The van der Waals surface area contributed by atoms with Gasteiger partial charge in [0.2, 0.25) is 0 Å². The average Bonchev–Trinajstić information content (AvgIpc) is 2.75. The van der Waals surface area contributed by atoms with Gasteiger partial charge in [-0.3, -0.25) is 4.79 Å². The quantitative estimate of drug-likeness (QED) is 0.647. The molecule has 1 atom stereocenters. The van der Waals surface area contributed by atoms with Crippen LogP contribution >= 0.6 is 0 Å². The lowest BCUT2D eigenvalue weighted by Gasteiger charge is -2.32. The van der Waals surface area contributed by atoms with Crippen LogP contribution in [0.4, 0.5) is 0 Å². The van der Waals surface area contributed by atoms with Crippen LogP contribution in [0.15, 0.2) is 36.7 Å². The molecule has 28 heavy (non-hydrogen) atoms. The third kappa shape index (κ3) is 5.44. The number of aromatic nitrogens is 2. The van der Waals surface area contributed by atoms with Gasteiger partial charge in [0.1, 0.15) is 11.9 Å². The number of hydrogen-bond acceptors (Lipinski definition) is 5. The molecule has 6 heteroatoms. The topological polar surface area (TPSA) is 64.5 Å². The van der Waals surface area contributed by atoms with Gasteiger partial charge in [-0.1, -0.05) is 20.3 Å². The summed E-state index contributed by atoms with van der Waals surface area (Å²) in [5, 5.41) is 0. The summed E-state index contributed by atoms with van der Waals surface area (Å²) in [4.78, 5) is 23.2. The summed E-state index contributed by atoms with van der Waals surface area (Å²) in [6.07, 6.45) is 8.32. The van der Waals surface area contributed by atoms with Gasteiger partial charge in [0.05, 0.1) is 13.2 Å². The van der Waals surface area contributed by atoms with E-state index in [-0.39, 0.29) is 12.0 Å². The summed E-state index contributed by atoms with van der Waals surface area (Å²) in [6, 6.07) is 7.78. The fraction of sp³-hybridized carbons (Fsp3) is 0.500. The summed E-state index contributed by atoms with van der Waals surface area (Å²) < 4.78 is 11.6. The number of amides is 1. The van der Waals surface area contributed by atoms with Crippen molar-refractivity contribution >= 4 is 5.91 Å². The van der Waals surface area contributed by atoms with Gasteiger partial charge in [-0.15, -0.1) is 0 Å². The average molecular weight is 383 g/mol. The highest BCUT2D eigenvalue weighted by atomic mass is 16.5. The SMILES string of the molecule is CCCCOc1ccc(C(=O)N2CCCC(Oc3ncc(CC)cn3)C2)cc1. The predicted molar refractivity (Wildman–Crippen MR) is 108 cm³/mol. The van der Waals surface area contributed by atoms with E-state index in [2.05, 4.69) is 23.8 Å². The van der Waals surface area contributed by atoms with E-state index >= 15 is 0 Å². The molecule has 0 saturated carbocycles. The van der Waals surface area contributed by atoms with Gasteiger partial charge >= 0.3 is 6.01 Å². The Morgan fingerprint density at radius 3 is 2.61 bits per heavy atom. The van der Waals surface area contributed by atoms with Gasteiger partial charge in [-0.25, -0.2) is 9.97 Å². The molecule has 0 radical (unpaired) electrons. The molecule has 150 valence electrons. The van der Waals surface area contributed by atoms with E-state index in [0.717, 1.165) is 50.0 Å². The van der Waals surface area contributed by atoms with E-state index < -0.39 is 0 Å². The summed E-state index contributed by atoms with van der Waals surface area (Å²) in [5.41, 5.74) is 1.75. The van der Waals surface area contributed by atoms with Gasteiger partial charge in [-0.05, 0) is 55.5 Å². The van der Waals surface area contributed by atoms with E-state index in [1.54, 1.807) is 12.4 Å².